The van der Waals surface area contributed by atoms with Gasteiger partial charge in [0.25, 0.3) is 0 Å². The van der Waals surface area contributed by atoms with E-state index in [1.54, 1.807) is 13.0 Å². The molecule has 0 radical (unpaired) electrons. The molecule has 0 aromatic heterocycles. The summed E-state index contributed by atoms with van der Waals surface area (Å²) in [6, 6.07) is 7.47. The van der Waals surface area contributed by atoms with Crippen molar-refractivity contribution in [2.45, 2.75) is 27.3 Å². The third kappa shape index (κ3) is 8.67. The summed E-state index contributed by atoms with van der Waals surface area (Å²) in [5.74, 6) is 0.929. The number of carbonyl (C=O) groups excluding carboxylic acids is 1. The lowest BCUT2D eigenvalue weighted by atomic mass is 10.2. The Bertz CT molecular complexity index is 744. The van der Waals surface area contributed by atoms with Crippen LogP contribution in [-0.2, 0) is 11.3 Å². The van der Waals surface area contributed by atoms with Gasteiger partial charge in [0.1, 0.15) is 5.82 Å². The smallest absolute Gasteiger partial charge is 0.247 e. The molecule has 25 heavy (non-hydrogen) atoms. The molecule has 0 aliphatic carbocycles. The molecular weight excluding hydrogens is 336 g/mol. The molecule has 5 nitrogen and oxygen atoms in total. The minimum Gasteiger partial charge on any atom is -0.330 e. The Kier molecular flexibility index (Phi) is 8.36. The van der Waals surface area contributed by atoms with Crippen LogP contribution in [0.5, 0.6) is 0 Å². The van der Waals surface area contributed by atoms with Crippen molar-refractivity contribution in [1.29, 1.82) is 0 Å². The molecule has 0 atom stereocenters. The SMILES string of the molecule is C=CC(=O)Nc1cccc(CN=C(C)NC(=C)N=C(C)/C=C(\C)Cl)c1. The highest BCUT2D eigenvalue weighted by Gasteiger charge is 2.00. The van der Waals surface area contributed by atoms with Gasteiger partial charge in [0.2, 0.25) is 5.91 Å². The average molecular weight is 359 g/mol. The number of amides is 1. The number of nitrogens with zero attached hydrogens (tertiary/aromatic N) is 2. The summed E-state index contributed by atoms with van der Waals surface area (Å²) < 4.78 is 0. The zero-order chi connectivity index (χ0) is 18.8. The van der Waals surface area contributed by atoms with Crippen molar-refractivity contribution in [2.24, 2.45) is 9.98 Å². The first kappa shape index (κ1) is 20.4. The van der Waals surface area contributed by atoms with E-state index in [9.17, 15) is 4.79 Å². The Hall–Kier alpha value is -2.66. The molecule has 0 bridgehead atoms. The quantitative estimate of drug-likeness (QED) is 0.431. The van der Waals surface area contributed by atoms with Crippen LogP contribution < -0.4 is 10.6 Å². The lowest BCUT2D eigenvalue weighted by Crippen LogP contribution is -2.18. The maximum atomic E-state index is 11.3. The summed E-state index contributed by atoms with van der Waals surface area (Å²) in [6.45, 7) is 13.2. The van der Waals surface area contributed by atoms with Crippen LogP contribution in [-0.4, -0.2) is 17.5 Å². The van der Waals surface area contributed by atoms with Crippen molar-refractivity contribution in [3.63, 3.8) is 0 Å². The molecule has 0 saturated heterocycles. The molecule has 0 spiro atoms. The molecule has 1 aromatic carbocycles. The van der Waals surface area contributed by atoms with E-state index in [2.05, 4.69) is 33.8 Å². The third-order valence-corrected chi connectivity index (χ3v) is 3.03. The Balaban J connectivity index is 2.67. The number of carbonyl (C=O) groups is 1. The number of amidine groups is 1. The second-order valence-electron chi connectivity index (χ2n) is 5.35. The van der Waals surface area contributed by atoms with Gasteiger partial charge in [-0.15, -0.1) is 0 Å². The summed E-state index contributed by atoms with van der Waals surface area (Å²) >= 11 is 5.81. The van der Waals surface area contributed by atoms with E-state index in [1.807, 2.05) is 38.1 Å². The van der Waals surface area contributed by atoms with Crippen molar-refractivity contribution in [2.75, 3.05) is 5.32 Å². The zero-order valence-corrected chi connectivity index (χ0v) is 15.5. The molecule has 0 fully saturated rings. The minimum absolute atomic E-state index is 0.246. The number of benzene rings is 1. The first-order chi connectivity index (χ1) is 11.8. The van der Waals surface area contributed by atoms with Crippen LogP contribution in [0.15, 0.2) is 70.4 Å². The van der Waals surface area contributed by atoms with Crippen molar-refractivity contribution < 1.29 is 4.79 Å². The Labute approximate surface area is 153 Å². The summed E-state index contributed by atoms with van der Waals surface area (Å²) in [4.78, 5) is 20.1. The maximum Gasteiger partial charge on any atom is 0.247 e. The Morgan fingerprint density at radius 1 is 1.32 bits per heavy atom. The van der Waals surface area contributed by atoms with E-state index < -0.39 is 0 Å². The van der Waals surface area contributed by atoms with Gasteiger partial charge in [0, 0.05) is 16.4 Å². The highest BCUT2D eigenvalue weighted by Crippen LogP contribution is 2.11. The summed E-state index contributed by atoms with van der Waals surface area (Å²) in [6.07, 6.45) is 2.98. The Morgan fingerprint density at radius 2 is 2.04 bits per heavy atom. The second kappa shape index (κ2) is 10.3. The number of hydrogen-bond donors (Lipinski definition) is 2. The molecule has 0 aliphatic rings. The molecule has 0 saturated carbocycles. The summed E-state index contributed by atoms with van der Waals surface area (Å²) in [5, 5.41) is 6.40. The predicted molar refractivity (Wildman–Crippen MR) is 107 cm³/mol. The number of halogens is 1. The van der Waals surface area contributed by atoms with E-state index in [1.165, 1.54) is 6.08 Å². The first-order valence-electron chi connectivity index (χ1n) is 7.68. The van der Waals surface area contributed by atoms with Crippen LogP contribution in [0.25, 0.3) is 0 Å². The maximum absolute atomic E-state index is 11.3. The molecule has 0 heterocycles. The van der Waals surface area contributed by atoms with Crippen LogP contribution in [0.1, 0.15) is 26.3 Å². The standard InChI is InChI=1S/C19H23ClN4O/c1-6-19(25)24-18-9-7-8-17(11-18)12-21-15(4)23-16(5)22-14(3)10-13(2)20/h6-11H,1,5,12H2,2-4H3,(H,21,23)(H,24,25)/b13-10+,22-14?. The summed E-state index contributed by atoms with van der Waals surface area (Å²) in [7, 11) is 0. The number of hydrogen-bond acceptors (Lipinski definition) is 3. The van der Waals surface area contributed by atoms with Crippen LogP contribution in [0.3, 0.4) is 0 Å². The third-order valence-electron chi connectivity index (χ3n) is 2.92. The highest BCUT2D eigenvalue weighted by molar-refractivity contribution is 6.30. The van der Waals surface area contributed by atoms with Gasteiger partial charge in [-0.25, -0.2) is 4.99 Å². The lowest BCUT2D eigenvalue weighted by Gasteiger charge is -2.07. The van der Waals surface area contributed by atoms with E-state index in [-0.39, 0.29) is 5.91 Å². The van der Waals surface area contributed by atoms with Crippen LogP contribution in [0, 0.1) is 0 Å². The topological polar surface area (TPSA) is 65.8 Å². The van der Waals surface area contributed by atoms with Gasteiger partial charge in [0.05, 0.1) is 12.4 Å². The zero-order valence-electron chi connectivity index (χ0n) is 14.8. The number of allylic oxidation sites excluding steroid dienone is 2. The molecule has 6 heteroatoms. The van der Waals surface area contributed by atoms with Crippen LogP contribution in [0.2, 0.25) is 0 Å². The van der Waals surface area contributed by atoms with Crippen molar-refractivity contribution in [3.8, 4) is 0 Å². The van der Waals surface area contributed by atoms with E-state index in [4.69, 9.17) is 11.6 Å². The van der Waals surface area contributed by atoms with Gasteiger partial charge in [-0.05, 0) is 50.6 Å². The van der Waals surface area contributed by atoms with Gasteiger partial charge < -0.3 is 10.6 Å². The van der Waals surface area contributed by atoms with Crippen LogP contribution in [0.4, 0.5) is 5.69 Å². The summed E-state index contributed by atoms with van der Waals surface area (Å²) in [5.41, 5.74) is 2.42. The molecule has 1 rings (SSSR count). The van der Waals surface area contributed by atoms with Gasteiger partial charge in [0.15, 0.2) is 0 Å². The molecule has 1 aromatic rings. The molecule has 132 valence electrons. The van der Waals surface area contributed by atoms with Crippen LogP contribution >= 0.6 is 11.6 Å². The van der Waals surface area contributed by atoms with E-state index in [0.717, 1.165) is 11.3 Å². The number of nitrogens with one attached hydrogen (secondary N) is 2. The second-order valence-corrected chi connectivity index (χ2v) is 5.95. The molecular formula is C19H23ClN4O. The average Bonchev–Trinajstić information content (AvgIpc) is 2.52. The fourth-order valence-corrected chi connectivity index (χ4v) is 2.12. The number of aliphatic imine (C=N–C) groups is 2. The number of rotatable bonds is 7. The fraction of sp³-hybridized carbons (Fsp3) is 0.211. The predicted octanol–water partition coefficient (Wildman–Crippen LogP) is 4.39. The molecule has 0 unspecified atom stereocenters. The Morgan fingerprint density at radius 3 is 2.68 bits per heavy atom. The van der Waals surface area contributed by atoms with E-state index in [0.29, 0.717) is 28.9 Å². The largest absolute Gasteiger partial charge is 0.330 e. The monoisotopic (exact) mass is 358 g/mol. The van der Waals surface area contributed by atoms with E-state index >= 15 is 0 Å². The molecule has 0 aliphatic heterocycles. The number of anilines is 1. The lowest BCUT2D eigenvalue weighted by molar-refractivity contribution is -0.111. The molecule has 2 N–H and O–H groups in total. The minimum atomic E-state index is -0.246. The highest BCUT2D eigenvalue weighted by atomic mass is 35.5. The fourth-order valence-electron chi connectivity index (χ4n) is 1.96. The van der Waals surface area contributed by atoms with Gasteiger partial charge >= 0.3 is 0 Å². The first-order valence-corrected chi connectivity index (χ1v) is 8.06. The van der Waals surface area contributed by atoms with Gasteiger partial charge in [-0.2, -0.15) is 0 Å². The van der Waals surface area contributed by atoms with Crippen molar-refractivity contribution in [1.82, 2.24) is 5.32 Å². The van der Waals surface area contributed by atoms with Gasteiger partial charge in [-0.3, -0.25) is 9.79 Å². The van der Waals surface area contributed by atoms with Gasteiger partial charge in [-0.1, -0.05) is 36.9 Å². The normalized spacial score (nSPS) is 12.6. The molecule has 1 amide bonds. The van der Waals surface area contributed by atoms with Crippen molar-refractivity contribution >= 4 is 34.7 Å². The van der Waals surface area contributed by atoms with Crippen molar-refractivity contribution in [3.05, 3.63) is 66.0 Å².